The molecule has 0 aliphatic rings. The summed E-state index contributed by atoms with van der Waals surface area (Å²) in [4.78, 5) is 17.3. The topological polar surface area (TPSA) is 95.7 Å². The van der Waals surface area contributed by atoms with Crippen molar-refractivity contribution in [3.05, 3.63) is 72.8 Å². The van der Waals surface area contributed by atoms with Gasteiger partial charge in [0.2, 0.25) is 5.82 Å². The van der Waals surface area contributed by atoms with Gasteiger partial charge in [-0.2, -0.15) is 4.98 Å². The van der Waals surface area contributed by atoms with Crippen LogP contribution in [0.1, 0.15) is 6.92 Å². The molecule has 0 aliphatic heterocycles. The third-order valence-corrected chi connectivity index (χ3v) is 4.93. The number of hydrogen-bond acceptors (Lipinski definition) is 7. The Morgan fingerprint density at radius 2 is 1.61 bits per heavy atom. The molecule has 0 radical (unpaired) electrons. The van der Waals surface area contributed by atoms with E-state index in [4.69, 9.17) is 18.7 Å². The van der Waals surface area contributed by atoms with Crippen LogP contribution in [-0.4, -0.2) is 36.4 Å². The summed E-state index contributed by atoms with van der Waals surface area (Å²) in [6, 6.07) is 21.7. The van der Waals surface area contributed by atoms with E-state index in [9.17, 15) is 4.79 Å². The molecule has 1 aromatic heterocycles. The lowest BCUT2D eigenvalue weighted by Crippen LogP contribution is -2.30. The number of hydrogen-bond donors (Lipinski definition) is 1. The third-order valence-electron chi connectivity index (χ3n) is 4.93. The van der Waals surface area contributed by atoms with E-state index in [1.54, 1.807) is 45.4 Å². The zero-order chi connectivity index (χ0) is 23.2. The molecular weight excluding hydrogens is 422 g/mol. The molecule has 0 bridgehead atoms. The molecule has 1 atom stereocenters. The van der Waals surface area contributed by atoms with Crippen molar-refractivity contribution in [2.45, 2.75) is 13.0 Å². The van der Waals surface area contributed by atoms with Crippen molar-refractivity contribution < 1.29 is 23.5 Å². The van der Waals surface area contributed by atoms with Crippen LogP contribution >= 0.6 is 0 Å². The number of rotatable bonds is 8. The van der Waals surface area contributed by atoms with Crippen LogP contribution in [0.4, 0.5) is 5.69 Å². The van der Waals surface area contributed by atoms with Crippen molar-refractivity contribution in [3.8, 4) is 40.1 Å². The number of nitrogens with zero attached hydrogens (tertiary/aromatic N) is 2. The highest BCUT2D eigenvalue weighted by atomic mass is 16.5. The van der Waals surface area contributed by atoms with Gasteiger partial charge in [-0.05, 0) is 55.5 Å². The van der Waals surface area contributed by atoms with Gasteiger partial charge in [-0.25, -0.2) is 0 Å². The van der Waals surface area contributed by atoms with Crippen LogP contribution in [-0.2, 0) is 4.79 Å². The molecule has 0 saturated carbocycles. The highest BCUT2D eigenvalue weighted by Crippen LogP contribution is 2.30. The van der Waals surface area contributed by atoms with Crippen LogP contribution < -0.4 is 19.5 Å². The average Bonchev–Trinajstić information content (AvgIpc) is 3.35. The summed E-state index contributed by atoms with van der Waals surface area (Å²) in [5.41, 5.74) is 1.91. The molecule has 1 N–H and O–H groups in total. The van der Waals surface area contributed by atoms with Gasteiger partial charge in [0.05, 0.1) is 25.5 Å². The monoisotopic (exact) mass is 445 g/mol. The fourth-order valence-corrected chi connectivity index (χ4v) is 3.16. The second-order valence-corrected chi connectivity index (χ2v) is 7.10. The second-order valence-electron chi connectivity index (χ2n) is 7.10. The number of methoxy groups -OCH3 is 2. The lowest BCUT2D eigenvalue weighted by molar-refractivity contribution is -0.122. The van der Waals surface area contributed by atoms with Crippen LogP contribution in [0.3, 0.4) is 0 Å². The van der Waals surface area contributed by atoms with Crippen molar-refractivity contribution in [1.29, 1.82) is 0 Å². The van der Waals surface area contributed by atoms with Gasteiger partial charge in [-0.1, -0.05) is 29.4 Å². The fraction of sp³-hybridized carbons (Fsp3) is 0.160. The number of para-hydroxylation sites is 3. The van der Waals surface area contributed by atoms with E-state index >= 15 is 0 Å². The van der Waals surface area contributed by atoms with E-state index in [0.717, 1.165) is 11.3 Å². The molecule has 8 heteroatoms. The molecular formula is C25H23N3O5. The normalized spacial score (nSPS) is 11.5. The smallest absolute Gasteiger partial charge is 0.265 e. The molecule has 4 rings (SSSR count). The lowest BCUT2D eigenvalue weighted by Gasteiger charge is -2.17. The number of anilines is 1. The number of amides is 1. The van der Waals surface area contributed by atoms with E-state index in [2.05, 4.69) is 15.5 Å². The Morgan fingerprint density at radius 1 is 0.909 bits per heavy atom. The number of nitrogens with one attached hydrogen (secondary N) is 1. The van der Waals surface area contributed by atoms with Crippen molar-refractivity contribution in [1.82, 2.24) is 10.1 Å². The van der Waals surface area contributed by atoms with Gasteiger partial charge < -0.3 is 24.1 Å². The largest absolute Gasteiger partial charge is 0.497 e. The molecule has 0 saturated heterocycles. The summed E-state index contributed by atoms with van der Waals surface area (Å²) in [6.45, 7) is 1.67. The van der Waals surface area contributed by atoms with E-state index in [1.165, 1.54) is 0 Å². The van der Waals surface area contributed by atoms with E-state index in [1.807, 2.05) is 48.5 Å². The summed E-state index contributed by atoms with van der Waals surface area (Å²) >= 11 is 0. The maximum Gasteiger partial charge on any atom is 0.265 e. The molecule has 3 aromatic carbocycles. The van der Waals surface area contributed by atoms with Gasteiger partial charge in [0.25, 0.3) is 11.8 Å². The van der Waals surface area contributed by atoms with Gasteiger partial charge in [-0.15, -0.1) is 0 Å². The maximum absolute atomic E-state index is 12.8. The summed E-state index contributed by atoms with van der Waals surface area (Å²) < 4.78 is 21.7. The fourth-order valence-electron chi connectivity index (χ4n) is 3.16. The first-order chi connectivity index (χ1) is 16.1. The van der Waals surface area contributed by atoms with Crippen molar-refractivity contribution >= 4 is 11.6 Å². The molecule has 1 amide bonds. The zero-order valence-corrected chi connectivity index (χ0v) is 18.4. The van der Waals surface area contributed by atoms with Gasteiger partial charge in [0.15, 0.2) is 17.6 Å². The number of carbonyl (C=O) groups is 1. The Balaban J connectivity index is 1.52. The first-order valence-electron chi connectivity index (χ1n) is 10.3. The first kappa shape index (κ1) is 21.9. The number of ether oxygens (including phenoxy) is 3. The minimum atomic E-state index is -0.771. The maximum atomic E-state index is 12.8. The number of carbonyl (C=O) groups excluding carboxylic acids is 1. The molecule has 8 nitrogen and oxygen atoms in total. The standard InChI is InChI=1S/C25H23N3O5/c1-16(32-22-11-7-6-10-21(22)31-3)24(29)26-20-9-5-4-8-19(20)25-27-23(28-33-25)17-12-14-18(30-2)15-13-17/h4-16H,1-3H3,(H,26,29)/t16-/m1/s1. The summed E-state index contributed by atoms with van der Waals surface area (Å²) in [7, 11) is 3.16. The van der Waals surface area contributed by atoms with Crippen LogP contribution in [0.25, 0.3) is 22.8 Å². The Kier molecular flexibility index (Phi) is 6.54. The Labute approximate surface area is 191 Å². The Morgan fingerprint density at radius 3 is 2.33 bits per heavy atom. The predicted molar refractivity (Wildman–Crippen MR) is 123 cm³/mol. The highest BCUT2D eigenvalue weighted by molar-refractivity contribution is 5.97. The van der Waals surface area contributed by atoms with Gasteiger partial charge >= 0.3 is 0 Å². The lowest BCUT2D eigenvalue weighted by atomic mass is 10.1. The highest BCUT2D eigenvalue weighted by Gasteiger charge is 2.20. The van der Waals surface area contributed by atoms with Gasteiger partial charge in [-0.3, -0.25) is 4.79 Å². The minimum absolute atomic E-state index is 0.287. The molecule has 0 spiro atoms. The molecule has 1 heterocycles. The van der Waals surface area contributed by atoms with Gasteiger partial charge in [0.1, 0.15) is 5.75 Å². The molecule has 33 heavy (non-hydrogen) atoms. The molecule has 0 unspecified atom stereocenters. The minimum Gasteiger partial charge on any atom is -0.497 e. The second kappa shape index (κ2) is 9.86. The summed E-state index contributed by atoms with van der Waals surface area (Å²) in [6.07, 6.45) is -0.771. The predicted octanol–water partition coefficient (Wildman–Crippen LogP) is 4.83. The summed E-state index contributed by atoms with van der Waals surface area (Å²) in [5.74, 6) is 2.16. The molecule has 0 aliphatic carbocycles. The van der Waals surface area contributed by atoms with Gasteiger partial charge in [0, 0.05) is 5.56 Å². The summed E-state index contributed by atoms with van der Waals surface area (Å²) in [5, 5.41) is 6.95. The first-order valence-corrected chi connectivity index (χ1v) is 10.3. The Bertz CT molecular complexity index is 1240. The third kappa shape index (κ3) is 4.95. The van der Waals surface area contributed by atoms with Crippen molar-refractivity contribution in [3.63, 3.8) is 0 Å². The average molecular weight is 445 g/mol. The zero-order valence-electron chi connectivity index (χ0n) is 18.4. The van der Waals surface area contributed by atoms with Crippen LogP contribution in [0.2, 0.25) is 0 Å². The molecule has 168 valence electrons. The van der Waals surface area contributed by atoms with E-state index < -0.39 is 6.10 Å². The van der Waals surface area contributed by atoms with Crippen LogP contribution in [0.15, 0.2) is 77.3 Å². The van der Waals surface area contributed by atoms with Crippen molar-refractivity contribution in [2.75, 3.05) is 19.5 Å². The number of aromatic nitrogens is 2. The quantitative estimate of drug-likeness (QED) is 0.415. The van der Waals surface area contributed by atoms with Crippen LogP contribution in [0.5, 0.6) is 17.2 Å². The van der Waals surface area contributed by atoms with E-state index in [-0.39, 0.29) is 11.8 Å². The molecule has 4 aromatic rings. The van der Waals surface area contributed by atoms with Crippen molar-refractivity contribution in [2.24, 2.45) is 0 Å². The number of benzene rings is 3. The SMILES string of the molecule is COc1ccc(-c2noc(-c3ccccc3NC(=O)[C@@H](C)Oc3ccccc3OC)n2)cc1. The Hall–Kier alpha value is -4.33. The van der Waals surface area contributed by atoms with Crippen LogP contribution in [0, 0.1) is 0 Å². The molecule has 0 fully saturated rings. The van der Waals surface area contributed by atoms with E-state index in [0.29, 0.717) is 28.6 Å².